The van der Waals surface area contributed by atoms with Crippen LogP contribution in [0.5, 0.6) is 5.75 Å². The standard InChI is InChI=1S/C14H22FNO2S/c1-14(2,19-3)10-16-8-11(17)9-18-13-7-5-4-6-12(13)15/h4-7,11,16-17H,8-10H2,1-3H3. The van der Waals surface area contributed by atoms with Crippen molar-refractivity contribution >= 4 is 11.8 Å². The molecule has 0 aliphatic heterocycles. The van der Waals surface area contributed by atoms with E-state index in [1.807, 2.05) is 0 Å². The maximum atomic E-state index is 13.3. The van der Waals surface area contributed by atoms with Crippen LogP contribution in [0.15, 0.2) is 24.3 Å². The van der Waals surface area contributed by atoms with Crippen molar-refractivity contribution in [3.05, 3.63) is 30.1 Å². The van der Waals surface area contributed by atoms with E-state index in [-0.39, 0.29) is 17.1 Å². The second-order valence-corrected chi connectivity index (χ2v) is 6.50. The zero-order valence-electron chi connectivity index (χ0n) is 11.6. The van der Waals surface area contributed by atoms with Crippen LogP contribution in [-0.4, -0.2) is 41.9 Å². The van der Waals surface area contributed by atoms with Gasteiger partial charge in [0.25, 0.3) is 0 Å². The van der Waals surface area contributed by atoms with E-state index in [1.54, 1.807) is 30.0 Å². The van der Waals surface area contributed by atoms with Crippen LogP contribution in [0.1, 0.15) is 13.8 Å². The Morgan fingerprint density at radius 3 is 2.74 bits per heavy atom. The van der Waals surface area contributed by atoms with E-state index in [2.05, 4.69) is 25.4 Å². The lowest BCUT2D eigenvalue weighted by Crippen LogP contribution is -2.38. The summed E-state index contributed by atoms with van der Waals surface area (Å²) in [5, 5.41) is 12.9. The molecule has 1 atom stereocenters. The molecular formula is C14H22FNO2S. The van der Waals surface area contributed by atoms with Gasteiger partial charge in [0.2, 0.25) is 0 Å². The molecule has 0 radical (unpaired) electrons. The maximum absolute atomic E-state index is 13.3. The maximum Gasteiger partial charge on any atom is 0.165 e. The zero-order valence-corrected chi connectivity index (χ0v) is 12.5. The minimum atomic E-state index is -0.655. The van der Waals surface area contributed by atoms with Crippen molar-refractivity contribution < 1.29 is 14.2 Å². The Kier molecular flexibility index (Phi) is 6.62. The number of hydrogen-bond acceptors (Lipinski definition) is 4. The third-order valence-electron chi connectivity index (χ3n) is 2.75. The number of benzene rings is 1. The number of para-hydroxylation sites is 1. The van der Waals surface area contributed by atoms with Crippen LogP contribution in [0.4, 0.5) is 4.39 Å². The van der Waals surface area contributed by atoms with E-state index in [1.165, 1.54) is 6.07 Å². The third-order valence-corrected chi connectivity index (χ3v) is 4.00. The van der Waals surface area contributed by atoms with E-state index in [9.17, 15) is 9.50 Å². The molecule has 0 aliphatic carbocycles. The molecule has 0 saturated carbocycles. The van der Waals surface area contributed by atoms with Gasteiger partial charge in [0.15, 0.2) is 11.6 Å². The van der Waals surface area contributed by atoms with Gasteiger partial charge in [-0.05, 0) is 32.2 Å². The number of aliphatic hydroxyl groups excluding tert-OH is 1. The molecule has 1 rings (SSSR count). The van der Waals surface area contributed by atoms with Gasteiger partial charge in [-0.25, -0.2) is 4.39 Å². The molecule has 0 saturated heterocycles. The first kappa shape index (κ1) is 16.3. The molecule has 0 fully saturated rings. The molecule has 0 heterocycles. The van der Waals surface area contributed by atoms with Crippen LogP contribution < -0.4 is 10.1 Å². The summed E-state index contributed by atoms with van der Waals surface area (Å²) in [7, 11) is 0. The van der Waals surface area contributed by atoms with Crippen molar-refractivity contribution in [1.29, 1.82) is 0 Å². The van der Waals surface area contributed by atoms with Gasteiger partial charge < -0.3 is 15.2 Å². The average Bonchev–Trinajstić information content (AvgIpc) is 2.37. The number of halogens is 1. The highest BCUT2D eigenvalue weighted by molar-refractivity contribution is 7.99. The van der Waals surface area contributed by atoms with Crippen LogP contribution >= 0.6 is 11.8 Å². The molecule has 3 nitrogen and oxygen atoms in total. The summed E-state index contributed by atoms with van der Waals surface area (Å²) in [6, 6.07) is 6.18. The number of nitrogens with one attached hydrogen (secondary N) is 1. The Morgan fingerprint density at radius 1 is 1.42 bits per heavy atom. The van der Waals surface area contributed by atoms with Crippen LogP contribution in [0.3, 0.4) is 0 Å². The van der Waals surface area contributed by atoms with Gasteiger partial charge in [-0.1, -0.05) is 12.1 Å². The molecule has 0 aromatic heterocycles. The van der Waals surface area contributed by atoms with Gasteiger partial charge in [-0.2, -0.15) is 11.8 Å². The largest absolute Gasteiger partial charge is 0.488 e. The first-order valence-corrected chi connectivity index (χ1v) is 7.48. The predicted molar refractivity (Wildman–Crippen MR) is 78.4 cm³/mol. The van der Waals surface area contributed by atoms with Gasteiger partial charge in [-0.3, -0.25) is 0 Å². The van der Waals surface area contributed by atoms with Gasteiger partial charge in [-0.15, -0.1) is 0 Å². The molecule has 2 N–H and O–H groups in total. The number of ether oxygens (including phenoxy) is 1. The minimum Gasteiger partial charge on any atom is -0.488 e. The molecule has 108 valence electrons. The quantitative estimate of drug-likeness (QED) is 0.770. The van der Waals surface area contributed by atoms with E-state index in [4.69, 9.17) is 4.74 Å². The summed E-state index contributed by atoms with van der Waals surface area (Å²) in [4.78, 5) is 0. The lowest BCUT2D eigenvalue weighted by molar-refractivity contribution is 0.104. The van der Waals surface area contributed by atoms with Gasteiger partial charge in [0.05, 0.1) is 0 Å². The van der Waals surface area contributed by atoms with Gasteiger partial charge in [0.1, 0.15) is 12.7 Å². The summed E-state index contributed by atoms with van der Waals surface area (Å²) in [5.74, 6) is -0.239. The van der Waals surface area contributed by atoms with Crippen LogP contribution in [0.25, 0.3) is 0 Å². The topological polar surface area (TPSA) is 41.5 Å². The Morgan fingerprint density at radius 2 is 2.11 bits per heavy atom. The lowest BCUT2D eigenvalue weighted by Gasteiger charge is -2.23. The van der Waals surface area contributed by atoms with Gasteiger partial charge in [0, 0.05) is 17.8 Å². The SMILES string of the molecule is CSC(C)(C)CNCC(O)COc1ccccc1F. The van der Waals surface area contributed by atoms with Crippen molar-refractivity contribution in [2.45, 2.75) is 24.7 Å². The van der Waals surface area contributed by atoms with Crippen molar-refractivity contribution in [2.24, 2.45) is 0 Å². The fraction of sp³-hybridized carbons (Fsp3) is 0.571. The number of hydrogen-bond donors (Lipinski definition) is 2. The minimum absolute atomic E-state index is 0.0770. The summed E-state index contributed by atoms with van der Waals surface area (Å²) in [6.45, 7) is 5.57. The fourth-order valence-corrected chi connectivity index (χ4v) is 1.67. The summed E-state index contributed by atoms with van der Waals surface area (Å²) < 4.78 is 18.6. The molecule has 0 bridgehead atoms. The summed E-state index contributed by atoms with van der Waals surface area (Å²) >= 11 is 1.77. The predicted octanol–water partition coefficient (Wildman–Crippen LogP) is 2.30. The molecular weight excluding hydrogens is 265 g/mol. The Bertz CT molecular complexity index is 387. The third kappa shape index (κ3) is 6.27. The first-order chi connectivity index (χ1) is 8.94. The first-order valence-electron chi connectivity index (χ1n) is 6.26. The molecule has 1 unspecified atom stereocenters. The van der Waals surface area contributed by atoms with E-state index in [0.29, 0.717) is 6.54 Å². The Balaban J connectivity index is 2.25. The molecule has 1 aromatic rings. The lowest BCUT2D eigenvalue weighted by atomic mass is 10.2. The highest BCUT2D eigenvalue weighted by Gasteiger charge is 2.16. The monoisotopic (exact) mass is 287 g/mol. The molecule has 1 aromatic carbocycles. The van der Waals surface area contributed by atoms with Gasteiger partial charge >= 0.3 is 0 Å². The van der Waals surface area contributed by atoms with Crippen molar-refractivity contribution in [2.75, 3.05) is 26.0 Å². The van der Waals surface area contributed by atoms with Crippen LogP contribution in [-0.2, 0) is 0 Å². The Labute approximate surface area is 118 Å². The molecule has 0 amide bonds. The van der Waals surface area contributed by atoms with Crippen LogP contribution in [0, 0.1) is 5.82 Å². The molecule has 5 heteroatoms. The van der Waals surface area contributed by atoms with Crippen LogP contribution in [0.2, 0.25) is 0 Å². The van der Waals surface area contributed by atoms with E-state index >= 15 is 0 Å². The summed E-state index contributed by atoms with van der Waals surface area (Å²) in [5.41, 5.74) is 0. The number of aliphatic hydroxyl groups is 1. The Hall–Kier alpha value is -0.780. The second kappa shape index (κ2) is 7.72. The van der Waals surface area contributed by atoms with E-state index in [0.717, 1.165) is 6.54 Å². The van der Waals surface area contributed by atoms with Crippen molar-refractivity contribution in [3.8, 4) is 5.75 Å². The zero-order chi connectivity index (χ0) is 14.3. The van der Waals surface area contributed by atoms with Crippen molar-refractivity contribution in [3.63, 3.8) is 0 Å². The highest BCUT2D eigenvalue weighted by Crippen LogP contribution is 2.19. The highest BCUT2D eigenvalue weighted by atomic mass is 32.2. The molecule has 19 heavy (non-hydrogen) atoms. The average molecular weight is 287 g/mol. The van der Waals surface area contributed by atoms with Crippen molar-refractivity contribution in [1.82, 2.24) is 5.32 Å². The number of thioether (sulfide) groups is 1. The second-order valence-electron chi connectivity index (χ2n) is 4.99. The van der Waals surface area contributed by atoms with E-state index < -0.39 is 11.9 Å². The normalized spacial score (nSPS) is 13.3. The summed E-state index contributed by atoms with van der Waals surface area (Å²) in [6.07, 6.45) is 1.40. The molecule has 0 spiro atoms. The molecule has 0 aliphatic rings. The fourth-order valence-electron chi connectivity index (χ4n) is 1.42. The smallest absolute Gasteiger partial charge is 0.165 e. The number of rotatable bonds is 8.